The molecule has 286 valence electrons. The molecule has 5 aromatic rings. The van der Waals surface area contributed by atoms with Gasteiger partial charge in [0.2, 0.25) is 0 Å². The maximum absolute atomic E-state index is 11.0. The van der Waals surface area contributed by atoms with Crippen molar-refractivity contribution in [3.05, 3.63) is 167 Å². The lowest BCUT2D eigenvalue weighted by Crippen LogP contribution is -2.39. The van der Waals surface area contributed by atoms with E-state index < -0.39 is 12.2 Å². The van der Waals surface area contributed by atoms with Gasteiger partial charge in [0.1, 0.15) is 36.9 Å². The third-order valence-electron chi connectivity index (χ3n) is 9.69. The minimum absolute atomic E-state index is 0.200. The van der Waals surface area contributed by atoms with Crippen molar-refractivity contribution in [2.24, 2.45) is 5.73 Å². The molecule has 0 aliphatic rings. The summed E-state index contributed by atoms with van der Waals surface area (Å²) >= 11 is 0. The van der Waals surface area contributed by atoms with E-state index in [-0.39, 0.29) is 18.6 Å². The zero-order valence-corrected chi connectivity index (χ0v) is 31.9. The first kappa shape index (κ1) is 40.6. The van der Waals surface area contributed by atoms with Crippen LogP contribution in [0, 0.1) is 0 Å². The van der Waals surface area contributed by atoms with Crippen LogP contribution in [0.2, 0.25) is 0 Å². The molecule has 0 radical (unpaired) electrons. The Morgan fingerprint density at radius 2 is 0.981 bits per heavy atom. The lowest BCUT2D eigenvalue weighted by atomic mass is 9.78. The molecule has 5 aromatic carbocycles. The fraction of sp³-hybridized carbons (Fsp3) is 0.348. The number of benzene rings is 5. The van der Waals surface area contributed by atoms with Crippen LogP contribution < -0.4 is 20.5 Å². The molecule has 8 nitrogen and oxygen atoms in total. The highest BCUT2D eigenvalue weighted by atomic mass is 16.5. The molecule has 5 N–H and O–H groups in total. The zero-order valence-electron chi connectivity index (χ0n) is 31.9. The Bertz CT molecular complexity index is 1740. The predicted octanol–water partition coefficient (Wildman–Crippen LogP) is 6.24. The number of hydrogen-bond acceptors (Lipinski definition) is 8. The lowest BCUT2D eigenvalue weighted by Gasteiger charge is -2.27. The van der Waals surface area contributed by atoms with Gasteiger partial charge in [-0.1, -0.05) is 129 Å². The summed E-state index contributed by atoms with van der Waals surface area (Å²) in [6, 6.07) is 47.2. The van der Waals surface area contributed by atoms with Crippen LogP contribution in [-0.2, 0) is 25.0 Å². The number of rotatable bonds is 23. The molecule has 0 saturated carbocycles. The van der Waals surface area contributed by atoms with Gasteiger partial charge in [-0.05, 0) is 52.1 Å². The van der Waals surface area contributed by atoms with Crippen molar-refractivity contribution < 1.29 is 19.7 Å². The molecule has 8 heteroatoms. The van der Waals surface area contributed by atoms with Crippen LogP contribution in [0.25, 0.3) is 0 Å². The van der Waals surface area contributed by atoms with E-state index >= 15 is 0 Å². The average molecular weight is 731 g/mol. The molecule has 0 spiro atoms. The predicted molar refractivity (Wildman–Crippen MR) is 219 cm³/mol. The standard InChI is InChI=1S/C46H58N4O4/c1-46(2,40-18-22-44(23-19-40)53-35-42(51)33-49(28-26-47)31-38-14-8-4-9-15-38)41-20-24-45(25-21-41)54-36-43(52)34-50(32-39-16-10-5-11-17-39)29-27-48-30-37-12-6-3-7-13-37/h3-25,42-43,48,51-52H,26-36,47H2,1-2H3. The molecule has 0 bridgehead atoms. The fourth-order valence-corrected chi connectivity index (χ4v) is 6.59. The van der Waals surface area contributed by atoms with Gasteiger partial charge in [0.25, 0.3) is 0 Å². The van der Waals surface area contributed by atoms with E-state index in [1.165, 1.54) is 16.7 Å². The quantitative estimate of drug-likeness (QED) is 0.0586. The van der Waals surface area contributed by atoms with Crippen molar-refractivity contribution >= 4 is 0 Å². The Hall–Kier alpha value is -4.54. The van der Waals surface area contributed by atoms with Crippen molar-refractivity contribution in [2.45, 2.75) is 51.1 Å². The number of aliphatic hydroxyl groups is 2. The maximum Gasteiger partial charge on any atom is 0.119 e. The summed E-state index contributed by atoms with van der Waals surface area (Å²) in [5.41, 5.74) is 11.5. The minimum Gasteiger partial charge on any atom is -0.491 e. The summed E-state index contributed by atoms with van der Waals surface area (Å²) in [4.78, 5) is 4.43. The first-order valence-electron chi connectivity index (χ1n) is 19.1. The van der Waals surface area contributed by atoms with Crippen LogP contribution in [0.1, 0.15) is 41.7 Å². The van der Waals surface area contributed by atoms with Crippen molar-refractivity contribution in [3.63, 3.8) is 0 Å². The van der Waals surface area contributed by atoms with E-state index in [9.17, 15) is 10.2 Å². The van der Waals surface area contributed by atoms with E-state index in [1.807, 2.05) is 54.6 Å². The van der Waals surface area contributed by atoms with Crippen molar-refractivity contribution in [3.8, 4) is 11.5 Å². The van der Waals surface area contributed by atoms with Crippen LogP contribution in [0.15, 0.2) is 140 Å². The molecule has 0 aliphatic heterocycles. The van der Waals surface area contributed by atoms with E-state index in [4.69, 9.17) is 15.2 Å². The maximum atomic E-state index is 11.0. The largest absolute Gasteiger partial charge is 0.491 e. The number of nitrogens with zero attached hydrogens (tertiary/aromatic N) is 2. The summed E-state index contributed by atoms with van der Waals surface area (Å²) in [6.07, 6.45) is -1.28. The fourth-order valence-electron chi connectivity index (χ4n) is 6.59. The van der Waals surface area contributed by atoms with E-state index in [1.54, 1.807) is 0 Å². The highest BCUT2D eigenvalue weighted by Crippen LogP contribution is 2.33. The van der Waals surface area contributed by atoms with Gasteiger partial charge in [-0.2, -0.15) is 0 Å². The van der Waals surface area contributed by atoms with E-state index in [2.05, 4.69) is 114 Å². The van der Waals surface area contributed by atoms with E-state index in [0.717, 1.165) is 55.3 Å². The molecule has 0 aliphatic carbocycles. The first-order chi connectivity index (χ1) is 26.3. The Labute approximate surface area is 322 Å². The normalized spacial score (nSPS) is 12.9. The summed E-state index contributed by atoms with van der Waals surface area (Å²) < 4.78 is 12.0. The van der Waals surface area contributed by atoms with Gasteiger partial charge in [-0.25, -0.2) is 0 Å². The molecule has 0 aromatic heterocycles. The summed E-state index contributed by atoms with van der Waals surface area (Å²) in [6.45, 7) is 10.9. The second-order valence-electron chi connectivity index (χ2n) is 14.5. The van der Waals surface area contributed by atoms with Gasteiger partial charge >= 0.3 is 0 Å². The molecule has 0 fully saturated rings. The van der Waals surface area contributed by atoms with Crippen LogP contribution in [0.5, 0.6) is 11.5 Å². The van der Waals surface area contributed by atoms with Gasteiger partial charge in [-0.15, -0.1) is 0 Å². The molecule has 0 heterocycles. The molecular weight excluding hydrogens is 673 g/mol. The van der Waals surface area contributed by atoms with Crippen LogP contribution in [0.4, 0.5) is 0 Å². The SMILES string of the molecule is CC(C)(c1ccc(OCC(O)CN(CCN)Cc2ccccc2)cc1)c1ccc(OCC(O)CN(CCNCc2ccccc2)Cc2ccccc2)cc1. The number of nitrogens with one attached hydrogen (secondary N) is 1. The molecule has 0 amide bonds. The number of nitrogens with two attached hydrogens (primary N) is 1. The summed E-state index contributed by atoms with van der Waals surface area (Å²) in [5, 5.41) is 25.3. The van der Waals surface area contributed by atoms with Crippen molar-refractivity contribution in [1.29, 1.82) is 0 Å². The average Bonchev–Trinajstić information content (AvgIpc) is 3.19. The van der Waals surface area contributed by atoms with Crippen LogP contribution in [0.3, 0.4) is 0 Å². The second kappa shape index (κ2) is 21.4. The topological polar surface area (TPSA) is 103 Å². The first-order valence-corrected chi connectivity index (χ1v) is 19.1. The number of hydrogen-bond donors (Lipinski definition) is 4. The molecule has 2 atom stereocenters. The Balaban J connectivity index is 1.08. The number of aliphatic hydroxyl groups excluding tert-OH is 2. The van der Waals surface area contributed by atoms with Gasteiger partial charge in [0.05, 0.1) is 0 Å². The molecule has 54 heavy (non-hydrogen) atoms. The minimum atomic E-state index is -0.640. The summed E-state index contributed by atoms with van der Waals surface area (Å²) in [7, 11) is 0. The van der Waals surface area contributed by atoms with Gasteiger partial charge in [-0.3, -0.25) is 9.80 Å². The van der Waals surface area contributed by atoms with E-state index in [0.29, 0.717) is 26.2 Å². The zero-order chi connectivity index (χ0) is 38.0. The lowest BCUT2D eigenvalue weighted by molar-refractivity contribution is 0.0658. The van der Waals surface area contributed by atoms with Gasteiger partial charge in [0.15, 0.2) is 0 Å². The number of ether oxygens (including phenoxy) is 2. The molecule has 2 unspecified atom stereocenters. The molecular formula is C46H58N4O4. The Morgan fingerprint density at radius 3 is 1.41 bits per heavy atom. The highest BCUT2D eigenvalue weighted by molar-refractivity contribution is 5.42. The van der Waals surface area contributed by atoms with Crippen molar-refractivity contribution in [1.82, 2.24) is 15.1 Å². The third kappa shape index (κ3) is 13.4. The second-order valence-corrected chi connectivity index (χ2v) is 14.5. The Kier molecular flexibility index (Phi) is 16.1. The summed E-state index contributed by atoms with van der Waals surface area (Å²) in [5.74, 6) is 1.44. The smallest absolute Gasteiger partial charge is 0.119 e. The molecule has 5 rings (SSSR count). The van der Waals surface area contributed by atoms with Gasteiger partial charge < -0.3 is 30.7 Å². The van der Waals surface area contributed by atoms with Crippen molar-refractivity contribution in [2.75, 3.05) is 52.5 Å². The molecule has 0 saturated heterocycles. The van der Waals surface area contributed by atoms with Crippen LogP contribution in [-0.4, -0.2) is 84.7 Å². The highest BCUT2D eigenvalue weighted by Gasteiger charge is 2.23. The monoisotopic (exact) mass is 730 g/mol. The Morgan fingerprint density at radius 1 is 0.574 bits per heavy atom. The van der Waals surface area contributed by atoms with Gasteiger partial charge in [0, 0.05) is 64.3 Å². The third-order valence-corrected chi connectivity index (χ3v) is 9.69. The van der Waals surface area contributed by atoms with Crippen LogP contribution >= 0.6 is 0 Å².